The first kappa shape index (κ1) is 14.8. The van der Waals surface area contributed by atoms with Gasteiger partial charge in [0.1, 0.15) is 5.69 Å². The van der Waals surface area contributed by atoms with E-state index < -0.39 is 17.7 Å². The maximum absolute atomic E-state index is 13.2. The monoisotopic (exact) mass is 298 g/mol. The van der Waals surface area contributed by atoms with Crippen molar-refractivity contribution in [3.63, 3.8) is 0 Å². The number of halogens is 4. The molecule has 0 N–H and O–H groups in total. The summed E-state index contributed by atoms with van der Waals surface area (Å²) in [5, 5.41) is 0. The summed E-state index contributed by atoms with van der Waals surface area (Å²) in [5.41, 5.74) is -1.92. The van der Waals surface area contributed by atoms with Crippen molar-refractivity contribution in [1.82, 2.24) is 9.97 Å². The van der Waals surface area contributed by atoms with Crippen molar-refractivity contribution >= 4 is 12.6 Å². The van der Waals surface area contributed by atoms with Crippen LogP contribution in [0.15, 0.2) is 24.5 Å². The maximum Gasteiger partial charge on any atom is 0.433 e. The molecule has 0 unspecified atom stereocenters. The van der Waals surface area contributed by atoms with Crippen LogP contribution in [0.4, 0.5) is 17.6 Å². The third-order valence-corrected chi connectivity index (χ3v) is 2.64. The van der Waals surface area contributed by atoms with Gasteiger partial charge in [0.25, 0.3) is 0 Å². The number of carbonyl (C=O) groups excluding carboxylic acids is 2. The number of nitrogens with zero attached hydrogens (tertiary/aromatic N) is 2. The zero-order valence-corrected chi connectivity index (χ0v) is 10.2. The van der Waals surface area contributed by atoms with Crippen LogP contribution < -0.4 is 0 Å². The smallest absolute Gasteiger partial charge is 0.298 e. The molecule has 0 radical (unpaired) electrons. The number of hydrogen-bond donors (Lipinski definition) is 0. The summed E-state index contributed by atoms with van der Waals surface area (Å²) in [7, 11) is 0. The van der Waals surface area contributed by atoms with Gasteiger partial charge in [0.15, 0.2) is 18.4 Å². The first-order valence-electron chi connectivity index (χ1n) is 5.50. The SMILES string of the molecule is O=Cc1cc(-c2cnc(C(F)(F)F)cc2C=O)ncc1F. The second-order valence-corrected chi connectivity index (χ2v) is 3.98. The fraction of sp³-hybridized carbons (Fsp3) is 0.0769. The number of rotatable bonds is 3. The van der Waals surface area contributed by atoms with Crippen molar-refractivity contribution in [2.24, 2.45) is 0 Å². The first-order valence-corrected chi connectivity index (χ1v) is 5.50. The zero-order valence-electron chi connectivity index (χ0n) is 10.2. The predicted octanol–water partition coefficient (Wildman–Crippen LogP) is 2.93. The number of aromatic nitrogens is 2. The van der Waals surface area contributed by atoms with E-state index >= 15 is 0 Å². The molecule has 0 saturated carbocycles. The zero-order chi connectivity index (χ0) is 15.6. The van der Waals surface area contributed by atoms with Crippen molar-refractivity contribution in [1.29, 1.82) is 0 Å². The molecule has 2 aromatic heterocycles. The Morgan fingerprint density at radius 3 is 2.19 bits per heavy atom. The minimum Gasteiger partial charge on any atom is -0.298 e. The highest BCUT2D eigenvalue weighted by Crippen LogP contribution is 2.30. The maximum atomic E-state index is 13.2. The Kier molecular flexibility index (Phi) is 3.79. The summed E-state index contributed by atoms with van der Waals surface area (Å²) < 4.78 is 50.7. The topological polar surface area (TPSA) is 59.9 Å². The Morgan fingerprint density at radius 1 is 0.952 bits per heavy atom. The van der Waals surface area contributed by atoms with E-state index in [-0.39, 0.29) is 35.0 Å². The summed E-state index contributed by atoms with van der Waals surface area (Å²) in [5.74, 6) is -0.874. The average Bonchev–Trinajstić information content (AvgIpc) is 2.46. The second kappa shape index (κ2) is 5.39. The highest BCUT2D eigenvalue weighted by molar-refractivity contribution is 5.87. The van der Waals surface area contributed by atoms with E-state index in [4.69, 9.17) is 0 Å². The van der Waals surface area contributed by atoms with Crippen LogP contribution in [0, 0.1) is 5.82 Å². The Hall–Kier alpha value is -2.64. The van der Waals surface area contributed by atoms with E-state index in [1.54, 1.807) is 0 Å². The molecule has 0 spiro atoms. The molecule has 0 aromatic carbocycles. The summed E-state index contributed by atoms with van der Waals surface area (Å²) in [6, 6.07) is 1.59. The molecule has 0 saturated heterocycles. The van der Waals surface area contributed by atoms with Crippen LogP contribution in [0.3, 0.4) is 0 Å². The third-order valence-electron chi connectivity index (χ3n) is 2.64. The number of pyridine rings is 2. The summed E-state index contributed by atoms with van der Waals surface area (Å²) in [6.07, 6.45) is -2.70. The lowest BCUT2D eigenvalue weighted by Gasteiger charge is -2.09. The van der Waals surface area contributed by atoms with E-state index in [9.17, 15) is 27.2 Å². The van der Waals surface area contributed by atoms with Crippen molar-refractivity contribution in [3.8, 4) is 11.3 Å². The van der Waals surface area contributed by atoms with Crippen LogP contribution in [-0.2, 0) is 6.18 Å². The predicted molar refractivity (Wildman–Crippen MR) is 63.2 cm³/mol. The standard InChI is InChI=1S/C13H6F4N2O2/c14-10-4-18-11(1-8(10)6-21)9-3-19-12(13(15,16)17)2-7(9)5-20/h1-6H. The molecule has 21 heavy (non-hydrogen) atoms. The van der Waals surface area contributed by atoms with Crippen LogP contribution >= 0.6 is 0 Å². The number of aldehydes is 2. The van der Waals surface area contributed by atoms with Crippen molar-refractivity contribution in [2.45, 2.75) is 6.18 Å². The van der Waals surface area contributed by atoms with Crippen LogP contribution in [0.1, 0.15) is 26.4 Å². The molecule has 108 valence electrons. The molecule has 0 aliphatic carbocycles. The first-order chi connectivity index (χ1) is 9.86. The summed E-state index contributed by atoms with van der Waals surface area (Å²) in [6.45, 7) is 0. The van der Waals surface area contributed by atoms with Gasteiger partial charge in [-0.3, -0.25) is 19.6 Å². The van der Waals surface area contributed by atoms with E-state index in [2.05, 4.69) is 9.97 Å². The van der Waals surface area contributed by atoms with Gasteiger partial charge in [0.2, 0.25) is 0 Å². The van der Waals surface area contributed by atoms with Crippen LogP contribution in [0.25, 0.3) is 11.3 Å². The molecular formula is C13H6F4N2O2. The van der Waals surface area contributed by atoms with Gasteiger partial charge in [-0.1, -0.05) is 0 Å². The molecule has 0 fully saturated rings. The van der Waals surface area contributed by atoms with Crippen molar-refractivity contribution in [2.75, 3.05) is 0 Å². The summed E-state index contributed by atoms with van der Waals surface area (Å²) >= 11 is 0. The normalized spacial score (nSPS) is 11.2. The van der Waals surface area contributed by atoms with Gasteiger partial charge in [0.05, 0.1) is 17.5 Å². The lowest BCUT2D eigenvalue weighted by atomic mass is 10.0. The van der Waals surface area contributed by atoms with Crippen LogP contribution in [-0.4, -0.2) is 22.5 Å². The molecule has 2 rings (SSSR count). The van der Waals surface area contributed by atoms with Gasteiger partial charge in [-0.2, -0.15) is 13.2 Å². The molecular weight excluding hydrogens is 292 g/mol. The second-order valence-electron chi connectivity index (χ2n) is 3.98. The molecule has 2 heterocycles. The molecule has 0 aliphatic rings. The van der Waals surface area contributed by atoms with E-state index in [1.165, 1.54) is 0 Å². The fourth-order valence-electron chi connectivity index (χ4n) is 1.63. The summed E-state index contributed by atoms with van der Waals surface area (Å²) in [4.78, 5) is 28.4. The minimum absolute atomic E-state index is 0.0261. The highest BCUT2D eigenvalue weighted by atomic mass is 19.4. The van der Waals surface area contributed by atoms with Crippen LogP contribution in [0.2, 0.25) is 0 Å². The van der Waals surface area contributed by atoms with Gasteiger partial charge in [-0.25, -0.2) is 4.39 Å². The Bertz CT molecular complexity index is 714. The van der Waals surface area contributed by atoms with Gasteiger partial charge < -0.3 is 0 Å². The Balaban J connectivity index is 2.59. The number of alkyl halides is 3. The molecule has 0 amide bonds. The molecule has 0 aliphatic heterocycles. The Morgan fingerprint density at radius 2 is 1.62 bits per heavy atom. The average molecular weight is 298 g/mol. The Labute approximate surface area is 115 Å². The molecule has 4 nitrogen and oxygen atoms in total. The highest BCUT2D eigenvalue weighted by Gasteiger charge is 2.33. The number of carbonyl (C=O) groups is 2. The number of hydrogen-bond acceptors (Lipinski definition) is 4. The van der Waals surface area contributed by atoms with Gasteiger partial charge in [-0.05, 0) is 12.1 Å². The van der Waals surface area contributed by atoms with E-state index in [1.807, 2.05) is 0 Å². The molecule has 0 atom stereocenters. The van der Waals surface area contributed by atoms with E-state index in [0.29, 0.717) is 6.07 Å². The van der Waals surface area contributed by atoms with Crippen molar-refractivity contribution in [3.05, 3.63) is 47.2 Å². The quantitative estimate of drug-likeness (QED) is 0.645. The minimum atomic E-state index is -4.69. The van der Waals surface area contributed by atoms with Gasteiger partial charge >= 0.3 is 6.18 Å². The fourth-order valence-corrected chi connectivity index (χ4v) is 1.63. The van der Waals surface area contributed by atoms with Gasteiger partial charge in [-0.15, -0.1) is 0 Å². The van der Waals surface area contributed by atoms with Crippen LogP contribution in [0.5, 0.6) is 0 Å². The third kappa shape index (κ3) is 2.93. The molecule has 2 aromatic rings. The van der Waals surface area contributed by atoms with E-state index in [0.717, 1.165) is 18.5 Å². The molecule has 0 bridgehead atoms. The van der Waals surface area contributed by atoms with Crippen molar-refractivity contribution < 1.29 is 27.2 Å². The largest absolute Gasteiger partial charge is 0.433 e. The lowest BCUT2D eigenvalue weighted by Crippen LogP contribution is -2.09. The molecule has 8 heteroatoms. The van der Waals surface area contributed by atoms with Gasteiger partial charge in [0, 0.05) is 17.3 Å². The lowest BCUT2D eigenvalue weighted by molar-refractivity contribution is -0.141.